The molecule has 0 fully saturated rings. The molecule has 0 aromatic heterocycles. The molecule has 8 heteroatoms. The second-order valence-corrected chi connectivity index (χ2v) is 8.39. The first kappa shape index (κ1) is 21.8. The smallest absolute Gasteiger partial charge is 0.283 e. The number of thioether (sulfide) groups is 1. The number of benzene rings is 2. The number of nitrogens with zero attached hydrogens (tertiary/aromatic N) is 3. The molecule has 2 aromatic rings. The van der Waals surface area contributed by atoms with Gasteiger partial charge in [-0.1, -0.05) is 31.2 Å². The second kappa shape index (κ2) is 9.82. The Morgan fingerprint density at radius 2 is 1.81 bits per heavy atom. The van der Waals surface area contributed by atoms with Gasteiger partial charge in [-0.25, -0.2) is 0 Å². The molecule has 0 atom stereocenters. The van der Waals surface area contributed by atoms with E-state index in [0.29, 0.717) is 24.1 Å². The summed E-state index contributed by atoms with van der Waals surface area (Å²) in [4.78, 5) is 16.7. The molecule has 164 valence electrons. The van der Waals surface area contributed by atoms with E-state index >= 15 is 0 Å². The zero-order valence-corrected chi connectivity index (χ0v) is 18.8. The van der Waals surface area contributed by atoms with Gasteiger partial charge in [-0.15, -0.1) is 0 Å². The van der Waals surface area contributed by atoms with Crippen LogP contribution in [0.1, 0.15) is 30.9 Å². The summed E-state index contributed by atoms with van der Waals surface area (Å²) in [5, 5.41) is 15.6. The average Bonchev–Trinajstić information content (AvgIpc) is 3.17. The van der Waals surface area contributed by atoms with Crippen molar-refractivity contribution in [3.05, 3.63) is 65.2 Å². The van der Waals surface area contributed by atoms with E-state index in [2.05, 4.69) is 17.0 Å². The predicted octanol–water partition coefficient (Wildman–Crippen LogP) is 4.87. The van der Waals surface area contributed by atoms with Crippen molar-refractivity contribution >= 4 is 39.8 Å². The minimum Gasteiger partial charge on any atom is -0.490 e. The van der Waals surface area contributed by atoms with Gasteiger partial charge >= 0.3 is 0 Å². The number of amides is 1. The van der Waals surface area contributed by atoms with Crippen LogP contribution in [0.25, 0.3) is 6.08 Å². The predicted molar refractivity (Wildman–Crippen MR) is 129 cm³/mol. The zero-order valence-electron chi connectivity index (χ0n) is 18.0. The standard InChI is InChI=1S/C24H24N4O3S/c1-3-6-21-27-28-22(25)20(23(29)26-24(28)32-21)15-17-8-5-10-19(14-17)31-12-11-30-18-9-4-7-16(2)13-18/h4-5,7-10,13-15,25H,3,6,11-12H2,1-2H3/b20-15-,25-22?. The van der Waals surface area contributed by atoms with Crippen LogP contribution in [0.3, 0.4) is 0 Å². The van der Waals surface area contributed by atoms with Crippen molar-refractivity contribution in [2.75, 3.05) is 13.2 Å². The van der Waals surface area contributed by atoms with Crippen molar-refractivity contribution in [1.82, 2.24) is 5.01 Å². The summed E-state index contributed by atoms with van der Waals surface area (Å²) in [5.74, 6) is 1.08. The minimum absolute atomic E-state index is 0.0384. The van der Waals surface area contributed by atoms with Gasteiger partial charge in [-0.3, -0.25) is 10.2 Å². The number of aryl methyl sites for hydroxylation is 1. The molecule has 2 heterocycles. The van der Waals surface area contributed by atoms with Gasteiger partial charge < -0.3 is 9.47 Å². The number of carbonyl (C=O) groups excluding carboxylic acids is 1. The number of hydrogen-bond donors (Lipinski definition) is 1. The minimum atomic E-state index is -0.431. The van der Waals surface area contributed by atoms with Crippen molar-refractivity contribution in [3.8, 4) is 11.5 Å². The molecule has 0 saturated heterocycles. The third-order valence-corrected chi connectivity index (χ3v) is 5.71. The molecule has 0 radical (unpaired) electrons. The van der Waals surface area contributed by atoms with Crippen molar-refractivity contribution < 1.29 is 14.3 Å². The van der Waals surface area contributed by atoms with E-state index in [1.807, 2.05) is 55.5 Å². The lowest BCUT2D eigenvalue weighted by Crippen LogP contribution is -2.35. The highest BCUT2D eigenvalue weighted by Gasteiger charge is 2.35. The third-order valence-electron chi connectivity index (χ3n) is 4.74. The van der Waals surface area contributed by atoms with Gasteiger partial charge in [0.25, 0.3) is 5.91 Å². The van der Waals surface area contributed by atoms with Crippen LogP contribution >= 0.6 is 11.8 Å². The van der Waals surface area contributed by atoms with E-state index < -0.39 is 5.91 Å². The second-order valence-electron chi connectivity index (χ2n) is 7.35. The lowest BCUT2D eigenvalue weighted by molar-refractivity contribution is -0.114. The maximum Gasteiger partial charge on any atom is 0.283 e. The summed E-state index contributed by atoms with van der Waals surface area (Å²) >= 11 is 1.35. The normalized spacial score (nSPS) is 16.7. The number of rotatable bonds is 8. The SMILES string of the molecule is CCCC1=NN2C(=N)/C(=C/c3cccc(OCCOc4cccc(C)c4)c3)C(=O)N=C2S1. The van der Waals surface area contributed by atoms with Crippen molar-refractivity contribution in [2.45, 2.75) is 26.7 Å². The topological polar surface area (TPSA) is 87.3 Å². The monoisotopic (exact) mass is 448 g/mol. The van der Waals surface area contributed by atoms with Gasteiger partial charge in [-0.05, 0) is 73.0 Å². The van der Waals surface area contributed by atoms with E-state index in [-0.39, 0.29) is 11.4 Å². The van der Waals surface area contributed by atoms with Crippen LogP contribution in [0.4, 0.5) is 0 Å². The van der Waals surface area contributed by atoms with Crippen LogP contribution in [0.5, 0.6) is 11.5 Å². The van der Waals surface area contributed by atoms with Crippen LogP contribution in [0.2, 0.25) is 0 Å². The highest BCUT2D eigenvalue weighted by Crippen LogP contribution is 2.30. The van der Waals surface area contributed by atoms with Crippen LogP contribution in [0, 0.1) is 12.3 Å². The number of fused-ring (bicyclic) bond motifs is 1. The number of ether oxygens (including phenoxy) is 2. The van der Waals surface area contributed by atoms with Gasteiger partial charge in [0.1, 0.15) is 29.8 Å². The molecule has 2 aromatic carbocycles. The van der Waals surface area contributed by atoms with Gasteiger partial charge in [0.2, 0.25) is 5.17 Å². The molecule has 7 nitrogen and oxygen atoms in total. The van der Waals surface area contributed by atoms with Gasteiger partial charge in [-0.2, -0.15) is 15.1 Å². The Morgan fingerprint density at radius 1 is 1.09 bits per heavy atom. The molecular formula is C24H24N4O3S. The maximum atomic E-state index is 12.5. The molecule has 4 rings (SSSR count). The number of aliphatic imine (C=N–C) groups is 1. The van der Waals surface area contributed by atoms with E-state index in [0.717, 1.165) is 34.8 Å². The fourth-order valence-electron chi connectivity index (χ4n) is 3.23. The van der Waals surface area contributed by atoms with Crippen LogP contribution < -0.4 is 9.47 Å². The summed E-state index contributed by atoms with van der Waals surface area (Å²) < 4.78 is 11.5. The molecule has 2 aliphatic heterocycles. The zero-order chi connectivity index (χ0) is 22.5. The number of hydrazone groups is 1. The maximum absolute atomic E-state index is 12.5. The van der Waals surface area contributed by atoms with Crippen LogP contribution in [0.15, 0.2) is 64.2 Å². The molecule has 32 heavy (non-hydrogen) atoms. The van der Waals surface area contributed by atoms with E-state index in [1.165, 1.54) is 16.8 Å². The summed E-state index contributed by atoms with van der Waals surface area (Å²) in [6.45, 7) is 4.88. The molecule has 1 N–H and O–H groups in total. The molecule has 0 unspecified atom stereocenters. The van der Waals surface area contributed by atoms with E-state index in [4.69, 9.17) is 14.9 Å². The van der Waals surface area contributed by atoms with Crippen molar-refractivity contribution in [2.24, 2.45) is 10.1 Å². The van der Waals surface area contributed by atoms with Crippen LogP contribution in [-0.4, -0.2) is 40.2 Å². The van der Waals surface area contributed by atoms with E-state index in [9.17, 15) is 4.79 Å². The highest BCUT2D eigenvalue weighted by atomic mass is 32.2. The van der Waals surface area contributed by atoms with Crippen LogP contribution in [-0.2, 0) is 4.79 Å². The number of amidine groups is 2. The molecule has 0 aliphatic carbocycles. The molecular weight excluding hydrogens is 424 g/mol. The Labute approximate surface area is 191 Å². The first-order valence-electron chi connectivity index (χ1n) is 10.4. The Hall–Kier alpha value is -3.39. The number of carbonyl (C=O) groups is 1. The fourth-order valence-corrected chi connectivity index (χ4v) is 4.22. The molecule has 1 amide bonds. The molecule has 0 saturated carbocycles. The summed E-state index contributed by atoms with van der Waals surface area (Å²) in [5.41, 5.74) is 2.09. The Balaban J connectivity index is 1.41. The first-order valence-corrected chi connectivity index (χ1v) is 11.3. The summed E-state index contributed by atoms with van der Waals surface area (Å²) in [7, 11) is 0. The largest absolute Gasteiger partial charge is 0.490 e. The molecule has 2 aliphatic rings. The van der Waals surface area contributed by atoms with E-state index in [1.54, 1.807) is 6.08 Å². The average molecular weight is 449 g/mol. The Morgan fingerprint density at radius 3 is 2.53 bits per heavy atom. The fraction of sp³-hybridized carbons (Fsp3) is 0.250. The quantitative estimate of drug-likeness (QED) is 0.460. The van der Waals surface area contributed by atoms with Gasteiger partial charge in [0.05, 0.1) is 5.57 Å². The number of hydrogen-bond acceptors (Lipinski definition) is 6. The molecule has 0 bridgehead atoms. The van der Waals surface area contributed by atoms with Crippen molar-refractivity contribution in [3.63, 3.8) is 0 Å². The highest BCUT2D eigenvalue weighted by molar-refractivity contribution is 8.26. The first-order chi connectivity index (χ1) is 15.5. The lowest BCUT2D eigenvalue weighted by Gasteiger charge is -2.20. The molecule has 0 spiro atoms. The lowest BCUT2D eigenvalue weighted by atomic mass is 10.1. The Bertz CT molecular complexity index is 1140. The third kappa shape index (κ3) is 5.08. The van der Waals surface area contributed by atoms with Gasteiger partial charge in [0, 0.05) is 0 Å². The van der Waals surface area contributed by atoms with Crippen molar-refractivity contribution in [1.29, 1.82) is 5.41 Å². The summed E-state index contributed by atoms with van der Waals surface area (Å²) in [6, 6.07) is 15.2. The summed E-state index contributed by atoms with van der Waals surface area (Å²) in [6.07, 6.45) is 3.40. The van der Waals surface area contributed by atoms with Gasteiger partial charge in [0.15, 0.2) is 5.84 Å². The Kier molecular flexibility index (Phi) is 6.70. The number of nitrogens with one attached hydrogen (secondary N) is 1.